The molecule has 0 heterocycles. The first kappa shape index (κ1) is 14.8. The van der Waals surface area contributed by atoms with E-state index >= 15 is 0 Å². The molecule has 0 radical (unpaired) electrons. The third-order valence-corrected chi connectivity index (χ3v) is 3.26. The summed E-state index contributed by atoms with van der Waals surface area (Å²) in [5, 5.41) is 2.74. The van der Waals surface area contributed by atoms with Gasteiger partial charge in [-0.15, -0.1) is 6.58 Å². The number of carbonyl (C=O) groups is 1. The van der Waals surface area contributed by atoms with Crippen molar-refractivity contribution in [2.24, 2.45) is 0 Å². The molecule has 0 spiro atoms. The van der Waals surface area contributed by atoms with Gasteiger partial charge in [-0.3, -0.25) is 4.79 Å². The molecule has 0 fully saturated rings. The van der Waals surface area contributed by atoms with Crippen LogP contribution in [0.15, 0.2) is 73.8 Å². The SMILES string of the molecule is C=CCCc1ccc(-c2ccc(NC(=O)C=C)cc2)cc1. The normalized spacial score (nSPS) is 9.90. The van der Waals surface area contributed by atoms with Crippen molar-refractivity contribution in [2.75, 3.05) is 5.32 Å². The predicted octanol–water partition coefficient (Wildman–Crippen LogP) is 4.60. The molecule has 0 aliphatic heterocycles. The quantitative estimate of drug-likeness (QED) is 0.607. The van der Waals surface area contributed by atoms with Crippen LogP contribution in [0.3, 0.4) is 0 Å². The van der Waals surface area contributed by atoms with E-state index in [4.69, 9.17) is 0 Å². The lowest BCUT2D eigenvalue weighted by Crippen LogP contribution is -2.06. The zero-order chi connectivity index (χ0) is 15.1. The summed E-state index contributed by atoms with van der Waals surface area (Å²) in [5.41, 5.74) is 4.38. The highest BCUT2D eigenvalue weighted by Crippen LogP contribution is 2.22. The highest BCUT2D eigenvalue weighted by atomic mass is 16.1. The van der Waals surface area contributed by atoms with Crippen LogP contribution in [0, 0.1) is 0 Å². The number of nitrogens with one attached hydrogen (secondary N) is 1. The minimum absolute atomic E-state index is 0.200. The summed E-state index contributed by atoms with van der Waals surface area (Å²) in [6, 6.07) is 16.3. The topological polar surface area (TPSA) is 29.1 Å². The first-order valence-electron chi connectivity index (χ1n) is 6.96. The molecule has 0 saturated carbocycles. The van der Waals surface area contributed by atoms with Gasteiger partial charge in [0, 0.05) is 5.69 Å². The Morgan fingerprint density at radius 3 is 2.05 bits per heavy atom. The summed E-state index contributed by atoms with van der Waals surface area (Å²) >= 11 is 0. The van der Waals surface area contributed by atoms with E-state index < -0.39 is 0 Å². The van der Waals surface area contributed by atoms with Crippen LogP contribution in [0.2, 0.25) is 0 Å². The highest BCUT2D eigenvalue weighted by Gasteiger charge is 2.00. The summed E-state index contributed by atoms with van der Waals surface area (Å²) in [6.07, 6.45) is 5.22. The number of amides is 1. The fourth-order valence-corrected chi connectivity index (χ4v) is 2.07. The summed E-state index contributed by atoms with van der Waals surface area (Å²) in [5.74, 6) is -0.200. The van der Waals surface area contributed by atoms with Crippen LogP contribution >= 0.6 is 0 Å². The molecule has 1 N–H and O–H groups in total. The molecule has 2 aromatic rings. The van der Waals surface area contributed by atoms with Crippen LogP contribution in [0.4, 0.5) is 5.69 Å². The lowest BCUT2D eigenvalue weighted by atomic mass is 10.0. The summed E-state index contributed by atoms with van der Waals surface area (Å²) < 4.78 is 0. The molecule has 2 nitrogen and oxygen atoms in total. The molecule has 0 unspecified atom stereocenters. The predicted molar refractivity (Wildman–Crippen MR) is 89.2 cm³/mol. The van der Waals surface area contributed by atoms with Crippen molar-refractivity contribution in [1.82, 2.24) is 0 Å². The van der Waals surface area contributed by atoms with Crippen molar-refractivity contribution in [3.8, 4) is 11.1 Å². The number of hydrogen-bond donors (Lipinski definition) is 1. The Morgan fingerprint density at radius 2 is 1.52 bits per heavy atom. The number of anilines is 1. The Kier molecular flexibility index (Phi) is 5.10. The summed E-state index contributed by atoms with van der Waals surface area (Å²) in [7, 11) is 0. The van der Waals surface area contributed by atoms with Gasteiger partial charge in [0.15, 0.2) is 0 Å². The van der Waals surface area contributed by atoms with Gasteiger partial charge in [-0.1, -0.05) is 49.1 Å². The second-order valence-corrected chi connectivity index (χ2v) is 4.79. The van der Waals surface area contributed by atoms with Crippen molar-refractivity contribution in [3.05, 3.63) is 79.4 Å². The van der Waals surface area contributed by atoms with Crippen molar-refractivity contribution in [3.63, 3.8) is 0 Å². The summed E-state index contributed by atoms with van der Waals surface area (Å²) in [4.78, 5) is 11.2. The zero-order valence-corrected chi connectivity index (χ0v) is 12.0. The van der Waals surface area contributed by atoms with Gasteiger partial charge in [-0.25, -0.2) is 0 Å². The van der Waals surface area contributed by atoms with Gasteiger partial charge in [0.25, 0.3) is 0 Å². The molecule has 0 bridgehead atoms. The fourth-order valence-electron chi connectivity index (χ4n) is 2.07. The van der Waals surface area contributed by atoms with E-state index in [2.05, 4.69) is 42.7 Å². The number of allylic oxidation sites excluding steroid dienone is 1. The van der Waals surface area contributed by atoms with Gasteiger partial charge < -0.3 is 5.32 Å². The Balaban J connectivity index is 2.09. The largest absolute Gasteiger partial charge is 0.323 e. The maximum atomic E-state index is 11.2. The second-order valence-electron chi connectivity index (χ2n) is 4.79. The van der Waals surface area contributed by atoms with Crippen LogP contribution in [0.25, 0.3) is 11.1 Å². The van der Waals surface area contributed by atoms with Crippen molar-refractivity contribution >= 4 is 11.6 Å². The van der Waals surface area contributed by atoms with Gasteiger partial charge in [0.2, 0.25) is 5.91 Å². The third-order valence-electron chi connectivity index (χ3n) is 3.26. The maximum Gasteiger partial charge on any atom is 0.247 e. The first-order valence-corrected chi connectivity index (χ1v) is 6.96. The molecule has 21 heavy (non-hydrogen) atoms. The van der Waals surface area contributed by atoms with Crippen molar-refractivity contribution in [1.29, 1.82) is 0 Å². The minimum atomic E-state index is -0.200. The molecule has 2 heteroatoms. The Morgan fingerprint density at radius 1 is 0.952 bits per heavy atom. The standard InChI is InChI=1S/C19H19NO/c1-3-5-6-15-7-9-16(10-8-15)17-11-13-18(14-12-17)20-19(21)4-2/h3-4,7-14H,1-2,5-6H2,(H,20,21). The van der Waals surface area contributed by atoms with Gasteiger partial charge in [0.05, 0.1) is 0 Å². The molecule has 2 rings (SSSR count). The second kappa shape index (κ2) is 7.25. The van der Waals surface area contributed by atoms with E-state index in [1.54, 1.807) is 0 Å². The minimum Gasteiger partial charge on any atom is -0.323 e. The Hall–Kier alpha value is -2.61. The Labute approximate surface area is 125 Å². The van der Waals surface area contributed by atoms with Crippen LogP contribution in [-0.4, -0.2) is 5.91 Å². The van der Waals surface area contributed by atoms with E-state index in [0.29, 0.717) is 0 Å². The number of rotatable bonds is 6. The molecule has 106 valence electrons. The van der Waals surface area contributed by atoms with Crippen LogP contribution in [0.1, 0.15) is 12.0 Å². The van der Waals surface area contributed by atoms with Gasteiger partial charge in [0.1, 0.15) is 0 Å². The average Bonchev–Trinajstić information content (AvgIpc) is 2.54. The molecule has 2 aromatic carbocycles. The molecular weight excluding hydrogens is 258 g/mol. The van der Waals surface area contributed by atoms with Crippen molar-refractivity contribution in [2.45, 2.75) is 12.8 Å². The monoisotopic (exact) mass is 277 g/mol. The number of aryl methyl sites for hydroxylation is 1. The number of carbonyl (C=O) groups excluding carboxylic acids is 1. The van der Waals surface area contributed by atoms with Crippen LogP contribution in [0.5, 0.6) is 0 Å². The van der Waals surface area contributed by atoms with E-state index in [0.717, 1.165) is 24.1 Å². The van der Waals surface area contributed by atoms with E-state index in [1.807, 2.05) is 30.3 Å². The third kappa shape index (κ3) is 4.18. The lowest BCUT2D eigenvalue weighted by molar-refractivity contribution is -0.111. The molecular formula is C19H19NO. The van der Waals surface area contributed by atoms with Gasteiger partial charge >= 0.3 is 0 Å². The number of benzene rings is 2. The Bertz CT molecular complexity index is 624. The highest BCUT2D eigenvalue weighted by molar-refractivity contribution is 5.98. The van der Waals surface area contributed by atoms with Gasteiger partial charge in [-0.05, 0) is 47.7 Å². The smallest absolute Gasteiger partial charge is 0.247 e. The van der Waals surface area contributed by atoms with Crippen molar-refractivity contribution < 1.29 is 4.79 Å². The molecule has 0 aliphatic carbocycles. The summed E-state index contributed by atoms with van der Waals surface area (Å²) in [6.45, 7) is 7.17. The molecule has 0 aliphatic rings. The molecule has 0 atom stereocenters. The van der Waals surface area contributed by atoms with Gasteiger partial charge in [-0.2, -0.15) is 0 Å². The number of hydrogen-bond acceptors (Lipinski definition) is 1. The van der Waals surface area contributed by atoms with E-state index in [1.165, 1.54) is 17.2 Å². The van der Waals surface area contributed by atoms with Crippen LogP contribution < -0.4 is 5.32 Å². The fraction of sp³-hybridized carbons (Fsp3) is 0.105. The zero-order valence-electron chi connectivity index (χ0n) is 12.0. The molecule has 1 amide bonds. The van der Waals surface area contributed by atoms with E-state index in [-0.39, 0.29) is 5.91 Å². The molecule has 0 aromatic heterocycles. The lowest BCUT2D eigenvalue weighted by Gasteiger charge is -2.06. The van der Waals surface area contributed by atoms with Crippen LogP contribution in [-0.2, 0) is 11.2 Å². The first-order chi connectivity index (χ1) is 10.2. The average molecular weight is 277 g/mol. The molecule has 0 saturated heterocycles. The maximum absolute atomic E-state index is 11.2. The van der Waals surface area contributed by atoms with E-state index in [9.17, 15) is 4.79 Å².